The van der Waals surface area contributed by atoms with Crippen molar-refractivity contribution in [2.45, 2.75) is 46.2 Å². The van der Waals surface area contributed by atoms with E-state index in [1.807, 2.05) is 20.8 Å². The van der Waals surface area contributed by atoms with E-state index in [-0.39, 0.29) is 43.1 Å². The molecule has 27 heavy (non-hydrogen) atoms. The first kappa shape index (κ1) is 18.3. The number of aromatic amines is 1. The minimum Gasteiger partial charge on any atom is -0.506 e. The summed E-state index contributed by atoms with van der Waals surface area (Å²) in [6.45, 7) is 6.12. The molecule has 1 aliphatic rings. The SMILES string of the molecule is CC(C)(C)C1CCc2nc3sc4c(O)cc(=O)[nH]c4c3c(C(F)(F)F)c2C1. The normalized spacial score (nSPS) is 18.2. The van der Waals surface area contributed by atoms with Gasteiger partial charge in [0.15, 0.2) is 0 Å². The van der Waals surface area contributed by atoms with Gasteiger partial charge in [-0.05, 0) is 36.2 Å². The summed E-state index contributed by atoms with van der Waals surface area (Å²) < 4.78 is 42.7. The molecule has 1 aliphatic carbocycles. The summed E-state index contributed by atoms with van der Waals surface area (Å²) in [7, 11) is 0. The van der Waals surface area contributed by atoms with Gasteiger partial charge < -0.3 is 10.1 Å². The molecule has 0 amide bonds. The van der Waals surface area contributed by atoms with E-state index < -0.39 is 17.3 Å². The number of H-pyrrole nitrogens is 1. The summed E-state index contributed by atoms with van der Waals surface area (Å²) in [5, 5.41) is 9.93. The smallest absolute Gasteiger partial charge is 0.417 e. The van der Waals surface area contributed by atoms with Crippen molar-refractivity contribution in [1.82, 2.24) is 9.97 Å². The molecule has 0 aliphatic heterocycles. The van der Waals surface area contributed by atoms with Crippen molar-refractivity contribution in [2.75, 3.05) is 0 Å². The van der Waals surface area contributed by atoms with Crippen LogP contribution >= 0.6 is 11.3 Å². The standard InChI is InChI=1S/C19H19F3N2O2S/c1-18(2,3)8-4-5-10-9(6-8)14(19(20,21)22)13-15-16(27-17(13)23-10)11(25)7-12(26)24-15/h7-8H,4-6H2,1-3H3,(H2,24,25,26). The Morgan fingerprint density at radius 1 is 1.30 bits per heavy atom. The molecule has 0 spiro atoms. The maximum absolute atomic E-state index is 14.2. The molecular weight excluding hydrogens is 377 g/mol. The van der Waals surface area contributed by atoms with Crippen molar-refractivity contribution in [1.29, 1.82) is 0 Å². The van der Waals surface area contributed by atoms with Gasteiger partial charge >= 0.3 is 6.18 Å². The van der Waals surface area contributed by atoms with Crippen LogP contribution < -0.4 is 5.56 Å². The maximum atomic E-state index is 14.2. The van der Waals surface area contributed by atoms with Crippen molar-refractivity contribution in [3.8, 4) is 5.75 Å². The second kappa shape index (κ2) is 5.70. The van der Waals surface area contributed by atoms with Crippen LogP contribution in [0.5, 0.6) is 5.75 Å². The summed E-state index contributed by atoms with van der Waals surface area (Å²) in [6.07, 6.45) is -3.00. The van der Waals surface area contributed by atoms with Crippen LogP contribution in [0.1, 0.15) is 44.0 Å². The van der Waals surface area contributed by atoms with Crippen LogP contribution in [-0.4, -0.2) is 15.1 Å². The number of aromatic hydroxyl groups is 1. The van der Waals surface area contributed by atoms with Gasteiger partial charge in [-0.1, -0.05) is 20.8 Å². The number of hydrogen-bond donors (Lipinski definition) is 2. The number of alkyl halides is 3. The molecule has 2 N–H and O–H groups in total. The predicted molar refractivity (Wildman–Crippen MR) is 99.4 cm³/mol. The van der Waals surface area contributed by atoms with Gasteiger partial charge in [0.05, 0.1) is 15.8 Å². The molecule has 0 saturated carbocycles. The van der Waals surface area contributed by atoms with Gasteiger partial charge in [0.2, 0.25) is 0 Å². The summed E-state index contributed by atoms with van der Waals surface area (Å²) in [6, 6.07) is 0.973. The van der Waals surface area contributed by atoms with Crippen molar-refractivity contribution in [3.05, 3.63) is 33.2 Å². The number of aromatic nitrogens is 2. The van der Waals surface area contributed by atoms with Gasteiger partial charge in [0.1, 0.15) is 10.6 Å². The van der Waals surface area contributed by atoms with E-state index in [0.717, 1.165) is 23.8 Å². The molecule has 3 heterocycles. The fourth-order valence-corrected chi connectivity index (χ4v) is 5.08. The predicted octanol–water partition coefficient (Wildman–Crippen LogP) is 5.01. The second-order valence-corrected chi connectivity index (χ2v) is 9.22. The summed E-state index contributed by atoms with van der Waals surface area (Å²) >= 11 is 0.975. The largest absolute Gasteiger partial charge is 0.506 e. The first-order chi connectivity index (χ1) is 12.5. The molecule has 8 heteroatoms. The number of hydrogen-bond acceptors (Lipinski definition) is 4. The molecule has 0 bridgehead atoms. The van der Waals surface area contributed by atoms with Gasteiger partial charge in [-0.15, -0.1) is 11.3 Å². The van der Waals surface area contributed by atoms with Crippen LogP contribution in [-0.2, 0) is 19.0 Å². The first-order valence-corrected chi connectivity index (χ1v) is 9.56. The number of fused-ring (bicyclic) bond motifs is 4. The van der Waals surface area contributed by atoms with E-state index in [1.165, 1.54) is 0 Å². The number of thiophene rings is 1. The summed E-state index contributed by atoms with van der Waals surface area (Å²) in [5.41, 5.74) is -0.755. The topological polar surface area (TPSA) is 66.0 Å². The van der Waals surface area contributed by atoms with Gasteiger partial charge in [-0.25, -0.2) is 4.98 Å². The Morgan fingerprint density at radius 2 is 2.00 bits per heavy atom. The lowest BCUT2D eigenvalue weighted by atomic mass is 9.70. The molecule has 4 rings (SSSR count). The Labute approximate surface area is 157 Å². The monoisotopic (exact) mass is 396 g/mol. The lowest BCUT2D eigenvalue weighted by Gasteiger charge is -2.35. The average molecular weight is 396 g/mol. The summed E-state index contributed by atoms with van der Waals surface area (Å²) in [5.74, 6) is -0.210. The van der Waals surface area contributed by atoms with E-state index in [0.29, 0.717) is 18.5 Å². The van der Waals surface area contributed by atoms with Crippen LogP contribution in [0.15, 0.2) is 10.9 Å². The molecule has 3 aromatic heterocycles. The third kappa shape index (κ3) is 2.90. The Balaban J connectivity index is 2.11. The van der Waals surface area contributed by atoms with Crippen LogP contribution in [0.3, 0.4) is 0 Å². The maximum Gasteiger partial charge on any atom is 0.417 e. The molecule has 1 atom stereocenters. The van der Waals surface area contributed by atoms with E-state index >= 15 is 0 Å². The number of halogens is 3. The number of pyridine rings is 2. The van der Waals surface area contributed by atoms with Gasteiger partial charge in [0, 0.05) is 17.1 Å². The molecule has 0 radical (unpaired) electrons. The first-order valence-electron chi connectivity index (χ1n) is 8.74. The minimum atomic E-state index is -4.58. The van der Waals surface area contributed by atoms with E-state index in [4.69, 9.17) is 0 Å². The molecule has 4 nitrogen and oxygen atoms in total. The van der Waals surface area contributed by atoms with Gasteiger partial charge in [-0.2, -0.15) is 13.2 Å². The number of rotatable bonds is 0. The second-order valence-electron chi connectivity index (χ2n) is 8.22. The van der Waals surface area contributed by atoms with Crippen molar-refractivity contribution >= 4 is 31.8 Å². The average Bonchev–Trinajstić information content (AvgIpc) is 2.88. The van der Waals surface area contributed by atoms with Crippen molar-refractivity contribution < 1.29 is 18.3 Å². The van der Waals surface area contributed by atoms with Crippen LogP contribution in [0.4, 0.5) is 13.2 Å². The van der Waals surface area contributed by atoms with E-state index in [2.05, 4.69) is 9.97 Å². The number of nitrogens with zero attached hydrogens (tertiary/aromatic N) is 1. The highest BCUT2D eigenvalue weighted by Gasteiger charge is 2.41. The van der Waals surface area contributed by atoms with Crippen molar-refractivity contribution in [2.24, 2.45) is 11.3 Å². The Hall–Kier alpha value is -2.09. The van der Waals surface area contributed by atoms with E-state index in [9.17, 15) is 23.1 Å². The molecule has 1 unspecified atom stereocenters. The number of nitrogens with one attached hydrogen (secondary N) is 1. The highest BCUT2D eigenvalue weighted by Crippen LogP contribution is 2.48. The van der Waals surface area contributed by atoms with E-state index in [1.54, 1.807) is 0 Å². The molecule has 0 fully saturated rings. The Bertz CT molecular complexity index is 1120. The molecule has 0 saturated heterocycles. The Kier molecular flexibility index (Phi) is 3.86. The number of aryl methyl sites for hydroxylation is 1. The quantitative estimate of drug-likeness (QED) is 0.561. The minimum absolute atomic E-state index is 0.0144. The van der Waals surface area contributed by atoms with Crippen LogP contribution in [0, 0.1) is 11.3 Å². The van der Waals surface area contributed by atoms with Gasteiger partial charge in [-0.3, -0.25) is 4.79 Å². The molecule has 3 aromatic rings. The highest BCUT2D eigenvalue weighted by atomic mass is 32.1. The fraction of sp³-hybridized carbons (Fsp3) is 0.474. The molecular formula is C19H19F3N2O2S. The zero-order valence-corrected chi connectivity index (χ0v) is 15.9. The fourth-order valence-electron chi connectivity index (χ4n) is 4.00. The molecule has 0 aromatic carbocycles. The van der Waals surface area contributed by atoms with Crippen LogP contribution in [0.25, 0.3) is 20.4 Å². The lowest BCUT2D eigenvalue weighted by Crippen LogP contribution is -2.29. The zero-order valence-electron chi connectivity index (χ0n) is 15.1. The Morgan fingerprint density at radius 3 is 2.63 bits per heavy atom. The summed E-state index contributed by atoms with van der Waals surface area (Å²) in [4.78, 5) is 18.9. The third-order valence-corrected chi connectivity index (χ3v) is 6.57. The van der Waals surface area contributed by atoms with Gasteiger partial charge in [0.25, 0.3) is 5.56 Å². The third-order valence-electron chi connectivity index (χ3n) is 5.46. The van der Waals surface area contributed by atoms with Crippen LogP contribution in [0.2, 0.25) is 0 Å². The van der Waals surface area contributed by atoms with Crippen molar-refractivity contribution in [3.63, 3.8) is 0 Å². The molecule has 144 valence electrons. The zero-order chi connectivity index (χ0) is 19.7. The highest BCUT2D eigenvalue weighted by molar-refractivity contribution is 7.25. The lowest BCUT2D eigenvalue weighted by molar-refractivity contribution is -0.137.